The van der Waals surface area contributed by atoms with Crippen LogP contribution in [0.2, 0.25) is 0 Å². The number of rotatable bonds is 3. The van der Waals surface area contributed by atoms with Crippen molar-refractivity contribution in [2.75, 3.05) is 0 Å². The van der Waals surface area contributed by atoms with Crippen LogP contribution >= 0.6 is 7.37 Å². The molecule has 0 aliphatic rings. The van der Waals surface area contributed by atoms with E-state index in [1.807, 2.05) is 19.1 Å². The van der Waals surface area contributed by atoms with Crippen LogP contribution in [0.5, 0.6) is 0 Å². The summed E-state index contributed by atoms with van der Waals surface area (Å²) in [7, 11) is -4.32. The van der Waals surface area contributed by atoms with Crippen LogP contribution in [0.25, 0.3) is 0 Å². The fraction of sp³-hybridized carbons (Fsp3) is 0.188. The van der Waals surface area contributed by atoms with Crippen molar-refractivity contribution in [2.24, 2.45) is 0 Å². The summed E-state index contributed by atoms with van der Waals surface area (Å²) >= 11 is 0. The van der Waals surface area contributed by atoms with Crippen molar-refractivity contribution in [3.05, 3.63) is 64.7 Å². The van der Waals surface area contributed by atoms with Gasteiger partial charge in [-0.05, 0) is 31.9 Å². The van der Waals surface area contributed by atoms with Gasteiger partial charge in [0.1, 0.15) is 7.37 Å². The third kappa shape index (κ3) is 4.28. The van der Waals surface area contributed by atoms with Gasteiger partial charge < -0.3 is 9.46 Å². The monoisotopic (exact) mass is 301 g/mol. The summed E-state index contributed by atoms with van der Waals surface area (Å²) in [6, 6.07) is 11.5. The Hall–Kier alpha value is -0.505. The molecule has 3 nitrogen and oxygen atoms in total. The number of carbonyl (C=O) groups excluding carboxylic acids is 1. The molecule has 0 amide bonds. The molecular formula is C16H16Li2O3P+. The van der Waals surface area contributed by atoms with E-state index in [9.17, 15) is 14.3 Å². The average Bonchev–Trinajstić information content (AvgIpc) is 2.38. The molecule has 0 bridgehead atoms. The summed E-state index contributed by atoms with van der Waals surface area (Å²) in [6.07, 6.45) is 0. The van der Waals surface area contributed by atoms with Crippen LogP contribution in [-0.2, 0) is 4.57 Å². The molecule has 0 saturated heterocycles. The second-order valence-corrected chi connectivity index (χ2v) is 6.99. The first kappa shape index (κ1) is 21.5. The fourth-order valence-corrected chi connectivity index (χ4v) is 3.85. The molecule has 0 aliphatic heterocycles. The van der Waals surface area contributed by atoms with E-state index in [0.717, 1.165) is 5.56 Å². The Kier molecular flexibility index (Phi) is 8.18. The summed E-state index contributed by atoms with van der Waals surface area (Å²) in [5.41, 5.74) is 1.88. The number of hydrogen-bond donors (Lipinski definition) is 0. The Bertz CT molecular complexity index is 692. The molecule has 2 rings (SSSR count). The Morgan fingerprint density at radius 3 is 1.86 bits per heavy atom. The second-order valence-electron chi connectivity index (χ2n) is 4.97. The predicted molar refractivity (Wildman–Crippen MR) is 78.7 cm³/mol. The molecule has 1 unspecified atom stereocenters. The summed E-state index contributed by atoms with van der Waals surface area (Å²) in [5, 5.41) is 0.0596. The fourth-order valence-electron chi connectivity index (χ4n) is 2.41. The maximum absolute atomic E-state index is 12.4. The largest absolute Gasteiger partial charge is 1.00 e. The molecule has 0 heterocycles. The topological polar surface area (TPSA) is 57.2 Å². The minimum absolute atomic E-state index is 0. The summed E-state index contributed by atoms with van der Waals surface area (Å²) in [4.78, 5) is 24.8. The standard InChI is InChI=1S/C16H17O3P.2Li/c1-11-9-12(2)15(13(3)10-11)16(17)20(18,19)14-7-5-4-6-8-14;;/h4-10H,1-3H3,(H,18,19);;/q;2*+1/p-1. The van der Waals surface area contributed by atoms with Gasteiger partial charge in [-0.25, -0.2) is 0 Å². The van der Waals surface area contributed by atoms with Crippen molar-refractivity contribution in [3.63, 3.8) is 0 Å². The van der Waals surface area contributed by atoms with Crippen LogP contribution in [0.3, 0.4) is 0 Å². The van der Waals surface area contributed by atoms with Gasteiger partial charge in [-0.2, -0.15) is 0 Å². The van der Waals surface area contributed by atoms with Crippen LogP contribution in [0.4, 0.5) is 0 Å². The smallest absolute Gasteiger partial charge is 0.790 e. The van der Waals surface area contributed by atoms with Gasteiger partial charge in [0.25, 0.3) is 0 Å². The molecule has 0 N–H and O–H groups in total. The SMILES string of the molecule is Cc1cc(C)c(C(=O)P(=O)([O-])c2ccccc2)c(C)c1.[Li+].[Li+]. The van der Waals surface area contributed by atoms with Crippen LogP contribution in [0.1, 0.15) is 27.0 Å². The van der Waals surface area contributed by atoms with Gasteiger partial charge in [-0.15, -0.1) is 0 Å². The van der Waals surface area contributed by atoms with Gasteiger partial charge >= 0.3 is 37.7 Å². The Morgan fingerprint density at radius 2 is 1.41 bits per heavy atom. The predicted octanol–water partition coefficient (Wildman–Crippen LogP) is -3.28. The molecule has 22 heavy (non-hydrogen) atoms. The van der Waals surface area contributed by atoms with Gasteiger partial charge in [-0.1, -0.05) is 48.0 Å². The maximum Gasteiger partial charge on any atom is 1.00 e. The minimum atomic E-state index is -4.32. The van der Waals surface area contributed by atoms with Crippen LogP contribution in [0, 0.1) is 20.8 Å². The Morgan fingerprint density at radius 1 is 0.955 bits per heavy atom. The Balaban J connectivity index is 0.00000220. The van der Waals surface area contributed by atoms with E-state index in [1.165, 1.54) is 12.1 Å². The molecule has 2 aromatic carbocycles. The summed E-state index contributed by atoms with van der Waals surface area (Å²) in [6.45, 7) is 5.44. The van der Waals surface area contributed by atoms with E-state index in [2.05, 4.69) is 0 Å². The van der Waals surface area contributed by atoms with Crippen LogP contribution in [0.15, 0.2) is 42.5 Å². The normalized spacial score (nSPS) is 12.5. The molecular weight excluding hydrogens is 285 g/mol. The van der Waals surface area contributed by atoms with Gasteiger partial charge in [0.2, 0.25) is 5.52 Å². The maximum atomic E-state index is 12.4. The quantitative estimate of drug-likeness (QED) is 0.441. The minimum Gasteiger partial charge on any atom is -0.790 e. The van der Waals surface area contributed by atoms with Crippen molar-refractivity contribution >= 4 is 18.2 Å². The van der Waals surface area contributed by atoms with E-state index in [1.54, 1.807) is 32.0 Å². The van der Waals surface area contributed by atoms with Gasteiger partial charge in [-0.3, -0.25) is 4.79 Å². The molecule has 2 aromatic rings. The first-order valence-electron chi connectivity index (χ1n) is 6.33. The van der Waals surface area contributed by atoms with E-state index in [-0.39, 0.29) is 48.6 Å². The third-order valence-corrected chi connectivity index (χ3v) is 4.99. The van der Waals surface area contributed by atoms with Crippen LogP contribution < -0.4 is 47.9 Å². The molecule has 1 atom stereocenters. The molecule has 0 spiro atoms. The molecule has 0 aromatic heterocycles. The molecule has 6 heteroatoms. The van der Waals surface area contributed by atoms with Crippen molar-refractivity contribution in [2.45, 2.75) is 20.8 Å². The zero-order chi connectivity index (χ0) is 14.9. The zero-order valence-corrected chi connectivity index (χ0v) is 14.6. The molecule has 104 valence electrons. The van der Waals surface area contributed by atoms with E-state index in [4.69, 9.17) is 0 Å². The van der Waals surface area contributed by atoms with Crippen LogP contribution in [-0.4, -0.2) is 5.52 Å². The molecule has 0 radical (unpaired) electrons. The van der Waals surface area contributed by atoms with Crippen molar-refractivity contribution in [3.8, 4) is 0 Å². The first-order chi connectivity index (χ1) is 9.34. The number of hydrogen-bond acceptors (Lipinski definition) is 3. The van der Waals surface area contributed by atoms with Crippen molar-refractivity contribution < 1.29 is 52.0 Å². The zero-order valence-electron chi connectivity index (χ0n) is 13.7. The number of carbonyl (C=O) groups is 1. The van der Waals surface area contributed by atoms with Crippen molar-refractivity contribution in [1.82, 2.24) is 0 Å². The number of aryl methyl sites for hydroxylation is 3. The van der Waals surface area contributed by atoms with E-state index >= 15 is 0 Å². The second kappa shape index (κ2) is 8.38. The van der Waals surface area contributed by atoms with Gasteiger partial charge in [0, 0.05) is 10.9 Å². The summed E-state index contributed by atoms with van der Waals surface area (Å²) in [5.74, 6) is 0. The van der Waals surface area contributed by atoms with Crippen molar-refractivity contribution in [1.29, 1.82) is 0 Å². The molecule has 0 saturated carbocycles. The van der Waals surface area contributed by atoms with Gasteiger partial charge in [0.05, 0.1) is 0 Å². The van der Waals surface area contributed by atoms with Gasteiger partial charge in [0.15, 0.2) is 0 Å². The summed E-state index contributed by atoms with van der Waals surface area (Å²) < 4.78 is 12.4. The van der Waals surface area contributed by atoms with E-state index < -0.39 is 12.9 Å². The van der Waals surface area contributed by atoms with E-state index in [0.29, 0.717) is 11.1 Å². The number of benzene rings is 2. The molecule has 0 aliphatic carbocycles. The Labute approximate surface area is 155 Å². The molecule has 0 fully saturated rings. The third-order valence-electron chi connectivity index (χ3n) is 3.25. The average molecular weight is 301 g/mol. The first-order valence-corrected chi connectivity index (χ1v) is 7.96.